The highest BCUT2D eigenvalue weighted by Crippen LogP contribution is 2.69. The Kier molecular flexibility index (Phi) is 3.67. The van der Waals surface area contributed by atoms with Crippen molar-refractivity contribution in [3.8, 4) is 5.75 Å². The Morgan fingerprint density at radius 3 is 2.16 bits per heavy atom. The molecule has 0 radical (unpaired) electrons. The molecule has 0 aromatic heterocycles. The number of hydrogen-bond donors (Lipinski definition) is 1. The zero-order chi connectivity index (χ0) is 25.5. The van der Waals surface area contributed by atoms with Gasteiger partial charge in [0.15, 0.2) is 5.60 Å². The highest BCUT2D eigenvalue weighted by molar-refractivity contribution is 5.96. The van der Waals surface area contributed by atoms with Crippen LogP contribution in [0.5, 0.6) is 5.75 Å². The summed E-state index contributed by atoms with van der Waals surface area (Å²) in [6, 6.07) is 26.6. The fourth-order valence-corrected chi connectivity index (χ4v) is 9.16. The van der Waals surface area contributed by atoms with Gasteiger partial charge in [-0.05, 0) is 71.9 Å². The summed E-state index contributed by atoms with van der Waals surface area (Å²) < 4.78 is 6.99. The van der Waals surface area contributed by atoms with Crippen LogP contribution in [0.25, 0.3) is 11.1 Å². The van der Waals surface area contributed by atoms with Gasteiger partial charge in [0, 0.05) is 33.6 Å². The lowest BCUT2D eigenvalue weighted by molar-refractivity contribution is 0.187. The molecule has 4 atom stereocenters. The fourth-order valence-electron chi connectivity index (χ4n) is 9.16. The van der Waals surface area contributed by atoms with E-state index >= 15 is 0 Å². The first-order chi connectivity index (χ1) is 17.6. The molecule has 4 unspecified atom stereocenters. The summed E-state index contributed by atoms with van der Waals surface area (Å²) in [6.07, 6.45) is 2.54. The molecule has 5 aliphatic rings. The summed E-state index contributed by atoms with van der Waals surface area (Å²) in [5.74, 6) is 1.23. The monoisotopic (exact) mass is 483 g/mol. The van der Waals surface area contributed by atoms with Crippen LogP contribution in [0.2, 0.25) is 0 Å². The Morgan fingerprint density at radius 1 is 0.730 bits per heavy atom. The summed E-state index contributed by atoms with van der Waals surface area (Å²) >= 11 is 0. The molecular weight excluding hydrogens is 450 g/mol. The minimum atomic E-state index is -0.507. The Morgan fingerprint density at radius 2 is 1.38 bits per heavy atom. The molecule has 0 bridgehead atoms. The van der Waals surface area contributed by atoms with Gasteiger partial charge in [-0.2, -0.15) is 0 Å². The minimum absolute atomic E-state index is 0.0853. The van der Waals surface area contributed by atoms with Crippen molar-refractivity contribution < 1.29 is 4.74 Å². The van der Waals surface area contributed by atoms with Gasteiger partial charge in [0.1, 0.15) is 5.75 Å². The van der Waals surface area contributed by atoms with Gasteiger partial charge in [0.25, 0.3) is 0 Å². The molecule has 0 saturated carbocycles. The van der Waals surface area contributed by atoms with Gasteiger partial charge in [-0.15, -0.1) is 0 Å². The summed E-state index contributed by atoms with van der Waals surface area (Å²) in [5, 5.41) is 4.13. The standard InChI is InChI=1S/C35H33NO/c1-20-28-22-14-7-9-15-23(22)32(2,3)30(28)34(5)31-29(20)35(6)25(21-13-8-12-18-27(21)37-35)19-33(31,4)24-16-10-11-17-26(24)36-34/h7-20,36H,1-6H3. The molecule has 184 valence electrons. The fraction of sp³-hybridized carbons (Fsp3) is 0.314. The van der Waals surface area contributed by atoms with Gasteiger partial charge in [-0.3, -0.25) is 0 Å². The number of benzene rings is 3. The highest BCUT2D eigenvalue weighted by Gasteiger charge is 2.64. The first-order valence-corrected chi connectivity index (χ1v) is 13.6. The van der Waals surface area contributed by atoms with Crippen molar-refractivity contribution >= 4 is 16.8 Å². The number of para-hydroxylation sites is 2. The molecule has 0 spiro atoms. The van der Waals surface area contributed by atoms with Crippen molar-refractivity contribution in [3.63, 3.8) is 0 Å². The van der Waals surface area contributed by atoms with E-state index in [9.17, 15) is 0 Å². The molecule has 37 heavy (non-hydrogen) atoms. The number of hydrogen-bond acceptors (Lipinski definition) is 2. The van der Waals surface area contributed by atoms with Crippen molar-refractivity contribution in [1.82, 2.24) is 0 Å². The molecule has 1 N–H and O–H groups in total. The van der Waals surface area contributed by atoms with Crippen molar-refractivity contribution in [2.75, 3.05) is 5.32 Å². The normalized spacial score (nSPS) is 33.2. The lowest BCUT2D eigenvalue weighted by Crippen LogP contribution is -2.59. The second kappa shape index (κ2) is 6.30. The summed E-state index contributed by atoms with van der Waals surface area (Å²) in [4.78, 5) is 0. The Labute approximate surface area is 219 Å². The summed E-state index contributed by atoms with van der Waals surface area (Å²) in [7, 11) is 0. The maximum absolute atomic E-state index is 6.99. The third-order valence-electron chi connectivity index (χ3n) is 10.3. The molecule has 0 saturated heterocycles. The predicted molar refractivity (Wildman–Crippen MR) is 152 cm³/mol. The van der Waals surface area contributed by atoms with Crippen molar-refractivity contribution in [1.29, 1.82) is 0 Å². The van der Waals surface area contributed by atoms with Gasteiger partial charge >= 0.3 is 0 Å². The molecule has 2 heterocycles. The lowest BCUT2D eigenvalue weighted by Gasteiger charge is -2.59. The first kappa shape index (κ1) is 21.6. The van der Waals surface area contributed by atoms with Crippen LogP contribution in [0.15, 0.2) is 95.6 Å². The Balaban J connectivity index is 1.52. The molecule has 0 fully saturated rings. The number of fused-ring (bicyclic) bond motifs is 9. The van der Waals surface area contributed by atoms with E-state index in [-0.39, 0.29) is 22.3 Å². The minimum Gasteiger partial charge on any atom is -0.478 e. The molecule has 2 aliphatic heterocycles. The van der Waals surface area contributed by atoms with Crippen LogP contribution in [-0.4, -0.2) is 11.1 Å². The van der Waals surface area contributed by atoms with Crippen molar-refractivity contribution in [2.24, 2.45) is 5.92 Å². The van der Waals surface area contributed by atoms with E-state index in [0.717, 1.165) is 5.75 Å². The van der Waals surface area contributed by atoms with Gasteiger partial charge in [0.05, 0.1) is 5.54 Å². The average molecular weight is 484 g/mol. The number of allylic oxidation sites excluding steroid dienone is 2. The maximum atomic E-state index is 6.99. The van der Waals surface area contributed by atoms with Crippen LogP contribution in [0.4, 0.5) is 5.69 Å². The molecule has 0 amide bonds. The van der Waals surface area contributed by atoms with E-state index in [2.05, 4.69) is 126 Å². The van der Waals surface area contributed by atoms with Gasteiger partial charge in [-0.25, -0.2) is 0 Å². The largest absolute Gasteiger partial charge is 0.478 e. The summed E-state index contributed by atoms with van der Waals surface area (Å²) in [6.45, 7) is 14.5. The number of anilines is 1. The number of nitrogens with one attached hydrogen (secondary N) is 1. The third-order valence-corrected chi connectivity index (χ3v) is 10.3. The smallest absolute Gasteiger partial charge is 0.154 e. The molecular formula is C35H33NO. The van der Waals surface area contributed by atoms with Crippen molar-refractivity contribution in [2.45, 2.75) is 63.5 Å². The topological polar surface area (TPSA) is 21.3 Å². The average Bonchev–Trinajstić information content (AvgIpc) is 3.30. The molecule has 2 nitrogen and oxygen atoms in total. The zero-order valence-electron chi connectivity index (χ0n) is 22.5. The van der Waals surface area contributed by atoms with Gasteiger partial charge < -0.3 is 10.1 Å². The highest BCUT2D eigenvalue weighted by atomic mass is 16.5. The zero-order valence-corrected chi connectivity index (χ0v) is 22.5. The van der Waals surface area contributed by atoms with Crippen LogP contribution in [0.1, 0.15) is 63.8 Å². The SMILES string of the molecule is CC1C2=C(C3(C)Nc4ccccc4C4(C)C=C5c6ccccc6OC5(C)C1=C34)C(C)(C)c1ccccc12. The first-order valence-electron chi connectivity index (χ1n) is 13.6. The van der Waals surface area contributed by atoms with Crippen LogP contribution >= 0.6 is 0 Å². The summed E-state index contributed by atoms with van der Waals surface area (Å²) in [5.41, 5.74) is 12.7. The van der Waals surface area contributed by atoms with E-state index < -0.39 is 5.60 Å². The molecule has 2 heteroatoms. The van der Waals surface area contributed by atoms with E-state index in [4.69, 9.17) is 4.74 Å². The van der Waals surface area contributed by atoms with Gasteiger partial charge in [-0.1, -0.05) is 87.5 Å². The molecule has 3 aromatic carbocycles. The maximum Gasteiger partial charge on any atom is 0.154 e. The molecule has 3 aromatic rings. The second-order valence-electron chi connectivity index (χ2n) is 12.7. The predicted octanol–water partition coefficient (Wildman–Crippen LogP) is 8.07. The number of ether oxygens (including phenoxy) is 1. The van der Waals surface area contributed by atoms with E-state index in [1.165, 1.54) is 55.8 Å². The molecule has 8 rings (SSSR count). The quantitative estimate of drug-likeness (QED) is 0.326. The Hall–Kier alpha value is -3.52. The van der Waals surface area contributed by atoms with Crippen LogP contribution in [0, 0.1) is 5.92 Å². The third kappa shape index (κ3) is 2.22. The van der Waals surface area contributed by atoms with Crippen LogP contribution < -0.4 is 10.1 Å². The Bertz CT molecular complexity index is 1670. The van der Waals surface area contributed by atoms with Gasteiger partial charge in [0.2, 0.25) is 0 Å². The van der Waals surface area contributed by atoms with E-state index in [1.54, 1.807) is 0 Å². The van der Waals surface area contributed by atoms with Crippen molar-refractivity contribution in [3.05, 3.63) is 118 Å². The van der Waals surface area contributed by atoms with Crippen LogP contribution in [-0.2, 0) is 10.8 Å². The van der Waals surface area contributed by atoms with E-state index in [1.807, 2.05) is 0 Å². The lowest BCUT2D eigenvalue weighted by atomic mass is 9.50. The second-order valence-corrected chi connectivity index (χ2v) is 12.7. The van der Waals surface area contributed by atoms with Crippen LogP contribution in [0.3, 0.4) is 0 Å². The van der Waals surface area contributed by atoms with E-state index in [0.29, 0.717) is 0 Å². The number of rotatable bonds is 0. The molecule has 3 aliphatic carbocycles.